The summed E-state index contributed by atoms with van der Waals surface area (Å²) in [4.78, 5) is 21.3. The lowest BCUT2D eigenvalue weighted by molar-refractivity contribution is -0.385. The Balaban J connectivity index is 1.99. The summed E-state index contributed by atoms with van der Waals surface area (Å²) in [6.07, 6.45) is 1.20. The predicted octanol–water partition coefficient (Wildman–Crippen LogP) is 3.25. The van der Waals surface area contributed by atoms with E-state index in [0.29, 0.717) is 5.75 Å². The number of nitro groups is 1. The van der Waals surface area contributed by atoms with Gasteiger partial charge in [0, 0.05) is 17.7 Å². The number of nitro benzene ring substituents is 1. The molecule has 0 unspecified atom stereocenters. The second-order valence-electron chi connectivity index (χ2n) is 6.69. The van der Waals surface area contributed by atoms with Crippen molar-refractivity contribution < 1.29 is 33.1 Å². The van der Waals surface area contributed by atoms with Gasteiger partial charge in [0.1, 0.15) is 16.4 Å². The van der Waals surface area contributed by atoms with Crippen molar-refractivity contribution in [1.29, 1.82) is 0 Å². The lowest BCUT2D eigenvalue weighted by Gasteiger charge is -2.13. The van der Waals surface area contributed by atoms with Crippen molar-refractivity contribution in [3.05, 3.63) is 81.9 Å². The average molecular weight is 486 g/mol. The van der Waals surface area contributed by atoms with Crippen LogP contribution in [0.25, 0.3) is 0 Å². The molecule has 0 saturated heterocycles. The fourth-order valence-electron chi connectivity index (χ4n) is 2.83. The number of nitrogens with one attached hydrogen (secondary N) is 2. The van der Waals surface area contributed by atoms with Gasteiger partial charge in [0.15, 0.2) is 0 Å². The van der Waals surface area contributed by atoms with Gasteiger partial charge in [-0.2, -0.15) is 5.10 Å². The molecule has 176 valence electrons. The molecule has 0 radical (unpaired) electrons. The van der Waals surface area contributed by atoms with E-state index in [2.05, 4.69) is 15.2 Å². The Hall–Kier alpha value is -4.65. The molecular weight excluding hydrogens is 468 g/mol. The molecule has 0 atom stereocenters. The first kappa shape index (κ1) is 24.0. The van der Waals surface area contributed by atoms with E-state index in [9.17, 15) is 33.5 Å². The van der Waals surface area contributed by atoms with Crippen LogP contribution in [0.3, 0.4) is 0 Å². The average Bonchev–Trinajstić information content (AvgIpc) is 2.80. The lowest BCUT2D eigenvalue weighted by Crippen LogP contribution is -2.17. The maximum Gasteiger partial charge on any atom is 0.337 e. The van der Waals surface area contributed by atoms with Crippen LogP contribution in [0.1, 0.15) is 15.9 Å². The zero-order chi connectivity index (χ0) is 24.9. The van der Waals surface area contributed by atoms with Crippen LogP contribution in [-0.4, -0.2) is 42.8 Å². The Morgan fingerprint density at radius 2 is 1.85 bits per heavy atom. The van der Waals surface area contributed by atoms with Crippen molar-refractivity contribution in [3.8, 4) is 11.5 Å². The van der Waals surface area contributed by atoms with Gasteiger partial charge in [-0.25, -0.2) is 13.2 Å². The summed E-state index contributed by atoms with van der Waals surface area (Å²) in [5.74, 6) is -1.03. The number of phenolic OH excluding ortho intramolecular Hbond substituents is 1. The van der Waals surface area contributed by atoms with Gasteiger partial charge in [-0.1, -0.05) is 12.1 Å². The molecule has 13 heteroatoms. The van der Waals surface area contributed by atoms with Gasteiger partial charge in [-0.15, -0.1) is 0 Å². The Morgan fingerprint density at radius 1 is 1.12 bits per heavy atom. The minimum Gasteiger partial charge on any atom is -0.507 e. The number of carboxylic acid groups (broad SMARTS) is 1. The van der Waals surface area contributed by atoms with Crippen LogP contribution in [-0.2, 0) is 10.0 Å². The van der Waals surface area contributed by atoms with E-state index < -0.39 is 31.5 Å². The van der Waals surface area contributed by atoms with Crippen LogP contribution in [0, 0.1) is 10.1 Å². The van der Waals surface area contributed by atoms with Gasteiger partial charge in [0.05, 0.1) is 35.2 Å². The summed E-state index contributed by atoms with van der Waals surface area (Å²) in [6.45, 7) is 0. The molecule has 0 saturated carbocycles. The van der Waals surface area contributed by atoms with Crippen LogP contribution in [0.5, 0.6) is 11.5 Å². The van der Waals surface area contributed by atoms with Crippen molar-refractivity contribution in [1.82, 2.24) is 0 Å². The van der Waals surface area contributed by atoms with E-state index in [1.54, 1.807) is 0 Å². The number of aromatic hydroxyl groups is 1. The zero-order valence-electron chi connectivity index (χ0n) is 17.5. The Bertz CT molecular complexity index is 1390. The molecule has 0 fully saturated rings. The summed E-state index contributed by atoms with van der Waals surface area (Å²) in [5, 5.41) is 34.4. The summed E-state index contributed by atoms with van der Waals surface area (Å²) >= 11 is 0. The molecule has 0 aliphatic rings. The number of methoxy groups -OCH3 is 1. The van der Waals surface area contributed by atoms with Gasteiger partial charge in [0.25, 0.3) is 15.7 Å². The van der Waals surface area contributed by atoms with Crippen LogP contribution < -0.4 is 14.9 Å². The quantitative estimate of drug-likeness (QED) is 0.200. The van der Waals surface area contributed by atoms with Crippen molar-refractivity contribution in [2.45, 2.75) is 4.90 Å². The minimum absolute atomic E-state index is 0.116. The molecule has 0 aliphatic carbocycles. The van der Waals surface area contributed by atoms with Gasteiger partial charge in [-0.05, 0) is 36.4 Å². The van der Waals surface area contributed by atoms with Crippen molar-refractivity contribution >= 4 is 39.3 Å². The van der Waals surface area contributed by atoms with E-state index in [1.807, 2.05) is 0 Å². The number of rotatable bonds is 9. The number of phenols is 1. The number of para-hydroxylation sites is 1. The third-order valence-corrected chi connectivity index (χ3v) is 5.90. The number of aromatic carboxylic acids is 1. The van der Waals surface area contributed by atoms with Crippen LogP contribution in [0.2, 0.25) is 0 Å². The van der Waals surface area contributed by atoms with E-state index >= 15 is 0 Å². The molecule has 0 aromatic heterocycles. The Kier molecular flexibility index (Phi) is 6.97. The molecule has 3 aromatic carbocycles. The highest BCUT2D eigenvalue weighted by atomic mass is 32.2. The zero-order valence-corrected chi connectivity index (χ0v) is 18.3. The summed E-state index contributed by atoms with van der Waals surface area (Å²) in [5.41, 5.74) is 1.56. The molecule has 0 amide bonds. The maximum atomic E-state index is 13.1. The number of non-ortho nitro benzene ring substituents is 1. The monoisotopic (exact) mass is 486 g/mol. The highest BCUT2D eigenvalue weighted by Gasteiger charge is 2.24. The van der Waals surface area contributed by atoms with Gasteiger partial charge < -0.3 is 14.9 Å². The number of sulfonamides is 1. The first-order valence-corrected chi connectivity index (χ1v) is 10.9. The van der Waals surface area contributed by atoms with Gasteiger partial charge in [-0.3, -0.25) is 20.3 Å². The molecule has 0 aliphatic heterocycles. The number of hydrogen-bond acceptors (Lipinski definition) is 9. The molecule has 3 rings (SSSR count). The number of anilines is 2. The molecule has 0 heterocycles. The molecular formula is C21H18N4O8S. The van der Waals surface area contributed by atoms with Crippen LogP contribution >= 0.6 is 0 Å². The van der Waals surface area contributed by atoms with Gasteiger partial charge in [0.2, 0.25) is 0 Å². The smallest absolute Gasteiger partial charge is 0.337 e. The van der Waals surface area contributed by atoms with Gasteiger partial charge >= 0.3 is 5.97 Å². The number of carbonyl (C=O) groups is 1. The van der Waals surface area contributed by atoms with E-state index in [1.165, 1.54) is 55.8 Å². The normalized spacial score (nSPS) is 11.2. The van der Waals surface area contributed by atoms with Crippen LogP contribution in [0.15, 0.2) is 70.7 Å². The Labute approximate surface area is 193 Å². The molecule has 0 bridgehead atoms. The SMILES string of the molecule is COc1ccc(O)c(C=NNc2ccc([N+](=O)[O-])cc2S(=O)(=O)Nc2ccccc2C(=O)O)c1. The fraction of sp³-hybridized carbons (Fsp3) is 0.0476. The minimum atomic E-state index is -4.49. The third kappa shape index (κ3) is 5.39. The predicted molar refractivity (Wildman–Crippen MR) is 123 cm³/mol. The maximum absolute atomic E-state index is 13.1. The van der Waals surface area contributed by atoms with E-state index in [4.69, 9.17) is 4.74 Å². The molecule has 3 aromatic rings. The number of ether oxygens (including phenoxy) is 1. The van der Waals surface area contributed by atoms with E-state index in [-0.39, 0.29) is 28.3 Å². The van der Waals surface area contributed by atoms with E-state index in [0.717, 1.165) is 18.2 Å². The number of nitrogens with zero attached hydrogens (tertiary/aromatic N) is 2. The highest BCUT2D eigenvalue weighted by molar-refractivity contribution is 7.93. The van der Waals surface area contributed by atoms with Crippen molar-refractivity contribution in [3.63, 3.8) is 0 Å². The topological polar surface area (TPSA) is 180 Å². The molecule has 4 N–H and O–H groups in total. The summed E-state index contributed by atoms with van der Waals surface area (Å²) in [7, 11) is -3.05. The lowest BCUT2D eigenvalue weighted by atomic mass is 10.2. The van der Waals surface area contributed by atoms with Crippen molar-refractivity contribution in [2.24, 2.45) is 5.10 Å². The Morgan fingerprint density at radius 3 is 2.53 bits per heavy atom. The molecule has 12 nitrogen and oxygen atoms in total. The van der Waals surface area contributed by atoms with Crippen molar-refractivity contribution in [2.75, 3.05) is 17.3 Å². The number of benzene rings is 3. The first-order valence-electron chi connectivity index (χ1n) is 9.42. The second-order valence-corrected chi connectivity index (χ2v) is 8.34. The number of hydrazone groups is 1. The molecule has 0 spiro atoms. The molecule has 34 heavy (non-hydrogen) atoms. The van der Waals surface area contributed by atoms with Crippen LogP contribution in [0.4, 0.5) is 17.1 Å². The third-order valence-electron chi connectivity index (χ3n) is 4.49. The fourth-order valence-corrected chi connectivity index (χ4v) is 4.09. The largest absolute Gasteiger partial charge is 0.507 e. The standard InChI is InChI=1S/C21H18N4O8S/c1-33-15-7-9-19(26)13(10-15)12-22-23-18-8-6-14(25(29)30)11-20(18)34(31,32)24-17-5-3-2-4-16(17)21(27)28/h2-12,23-24,26H,1H3,(H,27,28). The number of carboxylic acids is 1. The second kappa shape index (κ2) is 9.87. The highest BCUT2D eigenvalue weighted by Crippen LogP contribution is 2.29. The first-order chi connectivity index (χ1) is 16.1. The summed E-state index contributed by atoms with van der Waals surface area (Å²) in [6, 6.07) is 12.7. The number of hydrogen-bond donors (Lipinski definition) is 4. The summed E-state index contributed by atoms with van der Waals surface area (Å²) < 4.78 is 33.3.